The van der Waals surface area contributed by atoms with E-state index in [9.17, 15) is 8.76 Å². The highest BCUT2D eigenvalue weighted by Gasteiger charge is 2.07. The fraction of sp³-hybridized carbons (Fsp3) is 0.429. The monoisotopic (exact) mass is 157 g/mol. The Morgan fingerprint density at radius 1 is 1.80 bits per heavy atom. The molecule has 0 saturated heterocycles. The molecule has 0 spiro atoms. The maximum absolute atomic E-state index is 10.4. The van der Waals surface area contributed by atoms with Crippen LogP contribution in [0.25, 0.3) is 0 Å². The molecule has 2 atom stereocenters. The normalized spacial score (nSPS) is 27.8. The molecule has 10 heavy (non-hydrogen) atoms. The summed E-state index contributed by atoms with van der Waals surface area (Å²) in [5.41, 5.74) is 1.12. The van der Waals surface area contributed by atoms with Crippen molar-refractivity contribution < 1.29 is 8.76 Å². The molecule has 3 heteroatoms. The van der Waals surface area contributed by atoms with Crippen molar-refractivity contribution in [2.45, 2.75) is 18.6 Å². The van der Waals surface area contributed by atoms with Crippen molar-refractivity contribution in [1.29, 1.82) is 0 Å². The van der Waals surface area contributed by atoms with E-state index in [1.807, 2.05) is 13.0 Å². The van der Waals surface area contributed by atoms with E-state index in [1.54, 1.807) is 12.2 Å². The van der Waals surface area contributed by atoms with Crippen molar-refractivity contribution in [1.82, 2.24) is 0 Å². The van der Waals surface area contributed by atoms with E-state index in [2.05, 4.69) is 0 Å². The predicted octanol–water partition coefficient (Wildman–Crippen LogP) is 1.14. The van der Waals surface area contributed by atoms with Crippen LogP contribution >= 0.6 is 0 Å². The van der Waals surface area contributed by atoms with E-state index < -0.39 is 11.1 Å². The fourth-order valence-corrected chi connectivity index (χ4v) is 1.55. The second-order valence-electron chi connectivity index (χ2n) is 2.40. The Morgan fingerprint density at radius 3 is 2.90 bits per heavy atom. The SMILES string of the molecule is CC1=CC=CC(S(=O)[O-])C1. The van der Waals surface area contributed by atoms with Crippen LogP contribution in [0.2, 0.25) is 0 Å². The lowest BCUT2D eigenvalue weighted by Crippen LogP contribution is -2.13. The molecule has 1 aliphatic carbocycles. The first-order valence-corrected chi connectivity index (χ1v) is 4.26. The minimum Gasteiger partial charge on any atom is -0.772 e. The average Bonchev–Trinajstić information content (AvgIpc) is 1.88. The van der Waals surface area contributed by atoms with E-state index in [4.69, 9.17) is 0 Å². The summed E-state index contributed by atoms with van der Waals surface area (Å²) in [5, 5.41) is -0.301. The van der Waals surface area contributed by atoms with Crippen molar-refractivity contribution in [3.8, 4) is 0 Å². The van der Waals surface area contributed by atoms with Gasteiger partial charge in [0.1, 0.15) is 0 Å². The van der Waals surface area contributed by atoms with Gasteiger partial charge in [-0.15, -0.1) is 0 Å². The quantitative estimate of drug-likeness (QED) is 0.535. The second-order valence-corrected chi connectivity index (χ2v) is 3.53. The predicted molar refractivity (Wildman–Crippen MR) is 40.2 cm³/mol. The van der Waals surface area contributed by atoms with Crippen LogP contribution in [0.1, 0.15) is 13.3 Å². The van der Waals surface area contributed by atoms with Gasteiger partial charge < -0.3 is 4.55 Å². The highest BCUT2D eigenvalue weighted by atomic mass is 32.2. The standard InChI is InChI=1S/C7H10O2S/c1-6-3-2-4-7(5-6)10(8)9/h2-4,7H,5H2,1H3,(H,8,9)/p-1. The molecule has 0 heterocycles. The summed E-state index contributed by atoms with van der Waals surface area (Å²) >= 11 is -1.95. The molecule has 0 aromatic carbocycles. The maximum atomic E-state index is 10.4. The highest BCUT2D eigenvalue weighted by Crippen LogP contribution is 2.14. The number of hydrogen-bond acceptors (Lipinski definition) is 2. The molecule has 0 aliphatic heterocycles. The van der Waals surface area contributed by atoms with Gasteiger partial charge in [-0.25, -0.2) is 0 Å². The second kappa shape index (κ2) is 3.12. The summed E-state index contributed by atoms with van der Waals surface area (Å²) in [6.07, 6.45) is 6.07. The smallest absolute Gasteiger partial charge is 0.0435 e. The van der Waals surface area contributed by atoms with Gasteiger partial charge in [-0.1, -0.05) is 23.8 Å². The van der Waals surface area contributed by atoms with E-state index >= 15 is 0 Å². The molecular formula is C7H9O2S-. The lowest BCUT2D eigenvalue weighted by atomic mass is 10.1. The number of rotatable bonds is 1. The van der Waals surface area contributed by atoms with E-state index in [-0.39, 0.29) is 5.25 Å². The molecule has 0 amide bonds. The summed E-state index contributed by atoms with van der Waals surface area (Å²) in [6.45, 7) is 1.93. The molecule has 56 valence electrons. The van der Waals surface area contributed by atoms with Crippen LogP contribution in [0.3, 0.4) is 0 Å². The first-order valence-electron chi connectivity index (χ1n) is 3.12. The van der Waals surface area contributed by atoms with Crippen LogP contribution in [0.15, 0.2) is 23.8 Å². The number of hydrogen-bond donors (Lipinski definition) is 0. The summed E-state index contributed by atoms with van der Waals surface area (Å²) in [4.78, 5) is 0. The largest absolute Gasteiger partial charge is 0.772 e. The van der Waals surface area contributed by atoms with Gasteiger partial charge in [-0.2, -0.15) is 0 Å². The van der Waals surface area contributed by atoms with Crippen molar-refractivity contribution in [3.63, 3.8) is 0 Å². The third-order valence-corrected chi connectivity index (χ3v) is 2.30. The first kappa shape index (κ1) is 7.69. The highest BCUT2D eigenvalue weighted by molar-refractivity contribution is 7.80. The lowest BCUT2D eigenvalue weighted by Gasteiger charge is -2.18. The lowest BCUT2D eigenvalue weighted by molar-refractivity contribution is 0.528. The molecule has 0 bridgehead atoms. The first-order chi connectivity index (χ1) is 4.70. The van der Waals surface area contributed by atoms with E-state index in [1.165, 1.54) is 0 Å². The molecular weight excluding hydrogens is 148 g/mol. The van der Waals surface area contributed by atoms with Crippen LogP contribution < -0.4 is 0 Å². The fourth-order valence-electron chi connectivity index (χ4n) is 0.929. The van der Waals surface area contributed by atoms with Crippen LogP contribution in [0.5, 0.6) is 0 Å². The Bertz CT molecular complexity index is 206. The van der Waals surface area contributed by atoms with Crippen LogP contribution in [0.4, 0.5) is 0 Å². The summed E-state index contributed by atoms with van der Waals surface area (Å²) < 4.78 is 20.8. The van der Waals surface area contributed by atoms with Gasteiger partial charge in [0.15, 0.2) is 0 Å². The molecule has 1 rings (SSSR count). The molecule has 0 aromatic heterocycles. The van der Waals surface area contributed by atoms with Crippen molar-refractivity contribution in [2.75, 3.05) is 0 Å². The Hall–Kier alpha value is -0.410. The van der Waals surface area contributed by atoms with Crippen LogP contribution in [0, 0.1) is 0 Å². The van der Waals surface area contributed by atoms with Crippen molar-refractivity contribution in [3.05, 3.63) is 23.8 Å². The third-order valence-electron chi connectivity index (χ3n) is 1.48. The van der Waals surface area contributed by atoms with Crippen molar-refractivity contribution in [2.24, 2.45) is 0 Å². The van der Waals surface area contributed by atoms with E-state index in [0.29, 0.717) is 6.42 Å². The van der Waals surface area contributed by atoms with Crippen LogP contribution in [-0.4, -0.2) is 14.0 Å². The van der Waals surface area contributed by atoms with Gasteiger partial charge in [0.05, 0.1) is 0 Å². The van der Waals surface area contributed by atoms with Gasteiger partial charge in [0.2, 0.25) is 0 Å². The molecule has 0 N–H and O–H groups in total. The Labute approximate surface area is 62.9 Å². The molecule has 0 aromatic rings. The Morgan fingerprint density at radius 2 is 2.50 bits per heavy atom. The minimum atomic E-state index is -1.95. The van der Waals surface area contributed by atoms with Crippen molar-refractivity contribution >= 4 is 11.1 Å². The molecule has 2 nitrogen and oxygen atoms in total. The third kappa shape index (κ3) is 1.78. The van der Waals surface area contributed by atoms with Crippen LogP contribution in [-0.2, 0) is 11.1 Å². The Kier molecular flexibility index (Phi) is 2.40. The topological polar surface area (TPSA) is 40.1 Å². The molecule has 0 fully saturated rings. The van der Waals surface area contributed by atoms with Gasteiger partial charge in [0.25, 0.3) is 0 Å². The van der Waals surface area contributed by atoms with E-state index in [0.717, 1.165) is 5.57 Å². The zero-order valence-electron chi connectivity index (χ0n) is 5.74. The Balaban J connectivity index is 2.64. The van der Waals surface area contributed by atoms with Gasteiger partial charge >= 0.3 is 0 Å². The minimum absolute atomic E-state index is 0.301. The zero-order valence-corrected chi connectivity index (χ0v) is 6.56. The summed E-state index contributed by atoms with van der Waals surface area (Å²) in [7, 11) is 0. The molecule has 0 radical (unpaired) electrons. The number of allylic oxidation sites excluding steroid dienone is 3. The molecule has 1 aliphatic rings. The van der Waals surface area contributed by atoms with Gasteiger partial charge in [-0.05, 0) is 24.4 Å². The zero-order chi connectivity index (χ0) is 7.56. The average molecular weight is 157 g/mol. The molecule has 0 saturated carbocycles. The molecule has 2 unspecified atom stereocenters. The maximum Gasteiger partial charge on any atom is 0.0435 e. The van der Waals surface area contributed by atoms with Gasteiger partial charge in [0, 0.05) is 5.25 Å². The summed E-state index contributed by atoms with van der Waals surface area (Å²) in [5.74, 6) is 0. The van der Waals surface area contributed by atoms with Gasteiger partial charge in [-0.3, -0.25) is 4.21 Å². The summed E-state index contributed by atoms with van der Waals surface area (Å²) in [6, 6.07) is 0.